The third-order valence-electron chi connectivity index (χ3n) is 2.12. The van der Waals surface area contributed by atoms with E-state index in [2.05, 4.69) is 21.2 Å². The second-order valence-electron chi connectivity index (χ2n) is 3.45. The summed E-state index contributed by atoms with van der Waals surface area (Å²) in [7, 11) is 2.79. The van der Waals surface area contributed by atoms with Crippen LogP contribution in [-0.2, 0) is 13.8 Å². The molecule has 0 spiro atoms. The van der Waals surface area contributed by atoms with Gasteiger partial charge in [0.2, 0.25) is 0 Å². The van der Waals surface area contributed by atoms with E-state index < -0.39 is 15.0 Å². The fourth-order valence-electron chi connectivity index (χ4n) is 1.23. The van der Waals surface area contributed by atoms with E-state index in [1.165, 1.54) is 13.2 Å². The summed E-state index contributed by atoms with van der Waals surface area (Å²) in [5, 5.41) is 2.65. The van der Waals surface area contributed by atoms with Crippen molar-refractivity contribution < 1.29 is 17.9 Å². The Bertz CT molecular complexity index is 591. The largest absolute Gasteiger partial charge is 0.383 e. The number of hydrogen-bond acceptors (Lipinski definition) is 4. The molecular weight excluding hydrogens is 381 g/mol. The molecule has 0 aliphatic heterocycles. The van der Waals surface area contributed by atoms with Crippen LogP contribution in [0.1, 0.15) is 10.4 Å². The number of ether oxygens (including phenoxy) is 1. The van der Waals surface area contributed by atoms with Gasteiger partial charge < -0.3 is 10.1 Å². The van der Waals surface area contributed by atoms with Gasteiger partial charge in [-0.3, -0.25) is 4.79 Å². The lowest BCUT2D eigenvalue weighted by atomic mass is 10.2. The van der Waals surface area contributed by atoms with E-state index in [0.29, 0.717) is 6.61 Å². The van der Waals surface area contributed by atoms with Gasteiger partial charge in [0.1, 0.15) is 0 Å². The highest BCUT2D eigenvalue weighted by molar-refractivity contribution is 9.10. The monoisotopic (exact) mass is 389 g/mol. The maximum Gasteiger partial charge on any atom is 0.261 e. The van der Waals surface area contributed by atoms with Crippen molar-refractivity contribution in [1.29, 1.82) is 0 Å². The molecule has 0 fully saturated rings. The first-order valence-electron chi connectivity index (χ1n) is 4.98. The molecule has 0 heterocycles. The molecule has 0 unspecified atom stereocenters. The van der Waals surface area contributed by atoms with E-state index in [1.807, 2.05) is 0 Å². The highest BCUT2D eigenvalue weighted by Gasteiger charge is 2.19. The third kappa shape index (κ3) is 4.61. The van der Waals surface area contributed by atoms with Gasteiger partial charge in [0.25, 0.3) is 15.0 Å². The van der Waals surface area contributed by atoms with Crippen LogP contribution in [0.3, 0.4) is 0 Å². The van der Waals surface area contributed by atoms with Gasteiger partial charge in [0.05, 0.1) is 22.1 Å². The van der Waals surface area contributed by atoms with E-state index in [-0.39, 0.29) is 26.5 Å². The molecule has 0 saturated heterocycles. The molecular formula is C10H10BrCl2NO4S. The maximum absolute atomic E-state index is 11.9. The Labute approximate surface area is 128 Å². The number of carbonyl (C=O) groups excluding carboxylic acids is 1. The average Bonchev–Trinajstić information content (AvgIpc) is 2.31. The highest BCUT2D eigenvalue weighted by atomic mass is 79.9. The number of methoxy groups -OCH3 is 1. The summed E-state index contributed by atoms with van der Waals surface area (Å²) in [5.41, 5.74) is 0.0198. The van der Waals surface area contributed by atoms with E-state index in [0.717, 1.165) is 6.07 Å². The molecule has 0 atom stereocenters. The van der Waals surface area contributed by atoms with Crippen LogP contribution in [0.15, 0.2) is 21.5 Å². The normalized spacial score (nSPS) is 11.4. The number of benzene rings is 1. The number of amides is 1. The molecule has 0 bridgehead atoms. The minimum absolute atomic E-state index is 0.0198. The minimum atomic E-state index is -3.94. The van der Waals surface area contributed by atoms with E-state index in [1.54, 1.807) is 0 Å². The lowest BCUT2D eigenvalue weighted by Gasteiger charge is -2.09. The van der Waals surface area contributed by atoms with Gasteiger partial charge >= 0.3 is 0 Å². The first kappa shape index (κ1) is 16.7. The molecule has 1 rings (SSSR count). The number of nitrogens with one attached hydrogen (secondary N) is 1. The van der Waals surface area contributed by atoms with Gasteiger partial charge in [-0.05, 0) is 28.1 Å². The van der Waals surface area contributed by atoms with Crippen LogP contribution >= 0.6 is 38.2 Å². The fourth-order valence-corrected chi connectivity index (χ4v) is 2.82. The van der Waals surface area contributed by atoms with Crippen molar-refractivity contribution in [3.8, 4) is 0 Å². The summed E-state index contributed by atoms with van der Waals surface area (Å²) >= 11 is 9.03. The quantitative estimate of drug-likeness (QED) is 0.618. The molecule has 0 saturated carbocycles. The van der Waals surface area contributed by atoms with Crippen molar-refractivity contribution in [3.05, 3.63) is 27.2 Å². The van der Waals surface area contributed by atoms with Crippen LogP contribution in [0.4, 0.5) is 0 Å². The summed E-state index contributed by atoms with van der Waals surface area (Å²) in [6, 6.07) is 2.36. The maximum atomic E-state index is 11.9. The molecule has 106 valence electrons. The minimum Gasteiger partial charge on any atom is -0.383 e. The third-order valence-corrected chi connectivity index (χ3v) is 4.71. The Kier molecular flexibility index (Phi) is 6.07. The Morgan fingerprint density at radius 3 is 2.63 bits per heavy atom. The Balaban J connectivity index is 3.13. The van der Waals surface area contributed by atoms with Gasteiger partial charge in [0, 0.05) is 28.8 Å². The molecule has 1 N–H and O–H groups in total. The standard InChI is InChI=1S/C10H10BrCl2NO4S/c1-18-3-2-14-10(15)7-4-6(19(13,16)17)5-8(11)9(7)12/h4-5H,2-3H2,1H3,(H,14,15). The highest BCUT2D eigenvalue weighted by Crippen LogP contribution is 2.31. The number of rotatable bonds is 5. The molecule has 9 heteroatoms. The van der Waals surface area contributed by atoms with Gasteiger partial charge in [0.15, 0.2) is 0 Å². The zero-order chi connectivity index (χ0) is 14.6. The first-order chi connectivity index (χ1) is 8.77. The summed E-state index contributed by atoms with van der Waals surface area (Å²) in [6.45, 7) is 0.610. The molecule has 19 heavy (non-hydrogen) atoms. The Hall–Kier alpha value is -0.340. The van der Waals surface area contributed by atoms with Crippen LogP contribution < -0.4 is 5.32 Å². The van der Waals surface area contributed by atoms with Crippen molar-refractivity contribution in [2.24, 2.45) is 0 Å². The van der Waals surface area contributed by atoms with E-state index in [4.69, 9.17) is 27.0 Å². The predicted octanol–water partition coefficient (Wildman–Crippen LogP) is 2.41. The van der Waals surface area contributed by atoms with Crippen LogP contribution in [0.2, 0.25) is 5.02 Å². The molecule has 0 aromatic heterocycles. The predicted molar refractivity (Wildman–Crippen MR) is 76.4 cm³/mol. The average molecular weight is 391 g/mol. The van der Waals surface area contributed by atoms with E-state index >= 15 is 0 Å². The molecule has 5 nitrogen and oxygen atoms in total. The molecule has 1 amide bonds. The zero-order valence-corrected chi connectivity index (χ0v) is 13.7. The van der Waals surface area contributed by atoms with Gasteiger partial charge in [-0.15, -0.1) is 0 Å². The summed E-state index contributed by atoms with van der Waals surface area (Å²) in [6.07, 6.45) is 0. The van der Waals surface area contributed by atoms with Gasteiger partial charge in [-0.25, -0.2) is 8.42 Å². The van der Waals surface area contributed by atoms with Crippen LogP contribution in [0, 0.1) is 0 Å². The van der Waals surface area contributed by atoms with Gasteiger partial charge in [-0.2, -0.15) is 0 Å². The molecule has 0 aliphatic carbocycles. The van der Waals surface area contributed by atoms with Crippen molar-refractivity contribution in [2.45, 2.75) is 4.90 Å². The van der Waals surface area contributed by atoms with Crippen molar-refractivity contribution in [1.82, 2.24) is 5.32 Å². The van der Waals surface area contributed by atoms with Crippen LogP contribution in [0.25, 0.3) is 0 Å². The summed E-state index contributed by atoms with van der Waals surface area (Å²) in [4.78, 5) is 11.7. The second-order valence-corrected chi connectivity index (χ2v) is 7.25. The first-order valence-corrected chi connectivity index (χ1v) is 8.46. The lowest BCUT2D eigenvalue weighted by molar-refractivity contribution is 0.0937. The summed E-state index contributed by atoms with van der Waals surface area (Å²) < 4.78 is 27.6. The second kappa shape index (κ2) is 6.90. The Morgan fingerprint density at radius 1 is 1.47 bits per heavy atom. The van der Waals surface area contributed by atoms with E-state index in [9.17, 15) is 13.2 Å². The smallest absolute Gasteiger partial charge is 0.261 e. The number of carbonyl (C=O) groups is 1. The number of hydrogen-bond donors (Lipinski definition) is 1. The topological polar surface area (TPSA) is 72.5 Å². The van der Waals surface area contributed by atoms with Crippen LogP contribution in [-0.4, -0.2) is 34.6 Å². The van der Waals surface area contributed by atoms with Crippen molar-refractivity contribution in [2.75, 3.05) is 20.3 Å². The number of halogens is 3. The molecule has 0 aliphatic rings. The fraction of sp³-hybridized carbons (Fsp3) is 0.300. The molecule has 1 aromatic rings. The zero-order valence-electron chi connectivity index (χ0n) is 9.74. The van der Waals surface area contributed by atoms with Crippen molar-refractivity contribution in [3.63, 3.8) is 0 Å². The molecule has 0 radical (unpaired) electrons. The van der Waals surface area contributed by atoms with Crippen molar-refractivity contribution >= 4 is 53.2 Å². The molecule has 1 aromatic carbocycles. The van der Waals surface area contributed by atoms with Gasteiger partial charge in [-0.1, -0.05) is 11.6 Å². The summed E-state index contributed by atoms with van der Waals surface area (Å²) in [5.74, 6) is -0.509. The lowest BCUT2D eigenvalue weighted by Crippen LogP contribution is -2.27. The SMILES string of the molecule is COCCNC(=O)c1cc(S(=O)(=O)Cl)cc(Br)c1Cl. The van der Waals surface area contributed by atoms with Crippen LogP contribution in [0.5, 0.6) is 0 Å². The Morgan fingerprint density at radius 2 is 2.11 bits per heavy atom.